The molecule has 0 aliphatic carbocycles. The average molecular weight is 239 g/mol. The van der Waals surface area contributed by atoms with Gasteiger partial charge in [0.05, 0.1) is 0 Å². The lowest BCUT2D eigenvalue weighted by atomic mass is 9.87. The molecule has 0 bridgehead atoms. The monoisotopic (exact) mass is 239 g/mol. The van der Waals surface area contributed by atoms with Gasteiger partial charge in [-0.05, 0) is 18.9 Å². The predicted octanol–water partition coefficient (Wildman–Crippen LogP) is 1.69. The van der Waals surface area contributed by atoms with Gasteiger partial charge in [0.1, 0.15) is 0 Å². The highest BCUT2D eigenvalue weighted by Crippen LogP contribution is 2.19. The quantitative estimate of drug-likeness (QED) is 0.849. The van der Waals surface area contributed by atoms with E-state index in [1.54, 1.807) is 9.13 Å². The van der Waals surface area contributed by atoms with Crippen LogP contribution in [0.2, 0.25) is 0 Å². The van der Waals surface area contributed by atoms with Gasteiger partial charge in [-0.15, -0.1) is 0 Å². The third-order valence-corrected chi connectivity index (χ3v) is 3.16. The van der Waals surface area contributed by atoms with Gasteiger partial charge in [-0.25, -0.2) is 4.79 Å². The van der Waals surface area contributed by atoms with E-state index in [9.17, 15) is 4.79 Å². The Hall–Kier alpha value is -1.03. The van der Waals surface area contributed by atoms with E-state index in [-0.39, 0.29) is 17.1 Å². The molecule has 0 fully saturated rings. The predicted molar refractivity (Wildman–Crippen MR) is 71.3 cm³/mol. The Morgan fingerprint density at radius 2 is 1.88 bits per heavy atom. The zero-order valence-electron chi connectivity index (χ0n) is 11.7. The maximum atomic E-state index is 12.0. The van der Waals surface area contributed by atoms with Crippen LogP contribution in [0.1, 0.15) is 34.1 Å². The third kappa shape index (κ3) is 3.46. The molecule has 1 heterocycles. The molecule has 0 saturated carbocycles. The summed E-state index contributed by atoms with van der Waals surface area (Å²) in [6.07, 6.45) is 4.74. The minimum atomic E-state index is 0.0938. The number of aromatic nitrogens is 2. The highest BCUT2D eigenvalue weighted by atomic mass is 16.1. The van der Waals surface area contributed by atoms with Crippen LogP contribution in [-0.4, -0.2) is 22.2 Å². The van der Waals surface area contributed by atoms with Crippen molar-refractivity contribution in [2.45, 2.75) is 53.2 Å². The van der Waals surface area contributed by atoms with E-state index in [4.69, 9.17) is 0 Å². The maximum absolute atomic E-state index is 12.0. The molecular weight excluding hydrogens is 214 g/mol. The largest absolute Gasteiger partial charge is 0.328 e. The lowest BCUT2D eigenvalue weighted by Gasteiger charge is -2.30. The first-order chi connectivity index (χ1) is 7.90. The number of imidazole rings is 1. The molecule has 0 aliphatic heterocycles. The van der Waals surface area contributed by atoms with E-state index in [0.717, 1.165) is 19.5 Å². The Kier molecular flexibility index (Phi) is 4.57. The number of aryl methyl sites for hydroxylation is 1. The number of rotatable bonds is 5. The first kappa shape index (κ1) is 14.0. The van der Waals surface area contributed by atoms with E-state index >= 15 is 0 Å². The van der Waals surface area contributed by atoms with Gasteiger partial charge in [-0.1, -0.05) is 27.7 Å². The molecule has 1 rings (SSSR count). The van der Waals surface area contributed by atoms with Crippen LogP contribution in [0.15, 0.2) is 17.2 Å². The van der Waals surface area contributed by atoms with Crippen molar-refractivity contribution in [3.63, 3.8) is 0 Å². The van der Waals surface area contributed by atoms with Crippen LogP contribution in [0.4, 0.5) is 0 Å². The normalized spacial score (nSPS) is 13.9. The van der Waals surface area contributed by atoms with Gasteiger partial charge >= 0.3 is 5.69 Å². The van der Waals surface area contributed by atoms with Crippen molar-refractivity contribution in [3.8, 4) is 0 Å². The van der Waals surface area contributed by atoms with E-state index in [0.29, 0.717) is 0 Å². The second-order valence-corrected chi connectivity index (χ2v) is 5.63. The van der Waals surface area contributed by atoms with Crippen molar-refractivity contribution < 1.29 is 0 Å². The Morgan fingerprint density at radius 3 is 2.35 bits per heavy atom. The molecule has 4 nitrogen and oxygen atoms in total. The molecule has 1 aromatic rings. The Labute approximate surface area is 104 Å². The molecule has 4 heteroatoms. The van der Waals surface area contributed by atoms with Crippen LogP contribution in [-0.2, 0) is 13.1 Å². The minimum Gasteiger partial charge on any atom is -0.315 e. The van der Waals surface area contributed by atoms with Crippen molar-refractivity contribution in [3.05, 3.63) is 22.9 Å². The summed E-state index contributed by atoms with van der Waals surface area (Å²) in [7, 11) is 1.95. The van der Waals surface area contributed by atoms with Crippen LogP contribution in [0.5, 0.6) is 0 Å². The van der Waals surface area contributed by atoms with Crippen LogP contribution in [0.3, 0.4) is 0 Å². The van der Waals surface area contributed by atoms with Gasteiger partial charge in [0, 0.05) is 31.5 Å². The molecular formula is C13H25N3O. The molecule has 0 amide bonds. The van der Waals surface area contributed by atoms with Crippen molar-refractivity contribution in [1.29, 1.82) is 0 Å². The molecule has 1 N–H and O–H groups in total. The van der Waals surface area contributed by atoms with Crippen molar-refractivity contribution in [1.82, 2.24) is 14.5 Å². The van der Waals surface area contributed by atoms with E-state index < -0.39 is 0 Å². The van der Waals surface area contributed by atoms with Gasteiger partial charge in [0.15, 0.2) is 0 Å². The fourth-order valence-electron chi connectivity index (χ4n) is 2.00. The summed E-state index contributed by atoms with van der Waals surface area (Å²) in [4.78, 5) is 12.0. The number of hydrogen-bond donors (Lipinski definition) is 1. The second-order valence-electron chi connectivity index (χ2n) is 5.63. The maximum Gasteiger partial charge on any atom is 0.328 e. The summed E-state index contributed by atoms with van der Waals surface area (Å²) in [5.74, 6) is 0. The van der Waals surface area contributed by atoms with Gasteiger partial charge < -0.3 is 5.32 Å². The van der Waals surface area contributed by atoms with Gasteiger partial charge in [0.2, 0.25) is 0 Å². The highest BCUT2D eigenvalue weighted by Gasteiger charge is 2.23. The number of likely N-dealkylation sites (N-methyl/N-ethyl adjacent to an activating group) is 1. The topological polar surface area (TPSA) is 39.0 Å². The summed E-state index contributed by atoms with van der Waals surface area (Å²) >= 11 is 0. The average Bonchev–Trinajstić information content (AvgIpc) is 2.56. The van der Waals surface area contributed by atoms with Crippen molar-refractivity contribution in [2.24, 2.45) is 5.41 Å². The molecule has 17 heavy (non-hydrogen) atoms. The number of nitrogens with one attached hydrogen (secondary N) is 1. The summed E-state index contributed by atoms with van der Waals surface area (Å²) in [5, 5.41) is 3.29. The molecule has 98 valence electrons. The summed E-state index contributed by atoms with van der Waals surface area (Å²) in [6, 6.07) is 0.290. The van der Waals surface area contributed by atoms with Crippen LogP contribution >= 0.6 is 0 Å². The van der Waals surface area contributed by atoms with E-state index in [2.05, 4.69) is 33.0 Å². The van der Waals surface area contributed by atoms with Gasteiger partial charge in [-0.3, -0.25) is 9.13 Å². The van der Waals surface area contributed by atoms with Crippen LogP contribution in [0.25, 0.3) is 0 Å². The molecule has 0 saturated heterocycles. The molecule has 1 atom stereocenters. The fourth-order valence-corrected chi connectivity index (χ4v) is 2.00. The molecule has 1 unspecified atom stereocenters. The molecule has 0 radical (unpaired) electrons. The zero-order chi connectivity index (χ0) is 13.1. The SMILES string of the molecule is CCCn1ccn(CC(NC)C(C)(C)C)c1=O. The van der Waals surface area contributed by atoms with Crippen molar-refractivity contribution in [2.75, 3.05) is 7.05 Å². The van der Waals surface area contributed by atoms with Gasteiger partial charge in [-0.2, -0.15) is 0 Å². The second kappa shape index (κ2) is 5.54. The fraction of sp³-hybridized carbons (Fsp3) is 0.769. The first-order valence-corrected chi connectivity index (χ1v) is 6.33. The van der Waals surface area contributed by atoms with Crippen LogP contribution in [0, 0.1) is 5.41 Å². The Morgan fingerprint density at radius 1 is 1.29 bits per heavy atom. The minimum absolute atomic E-state index is 0.0938. The summed E-state index contributed by atoms with van der Waals surface area (Å²) < 4.78 is 3.57. The number of nitrogens with zero attached hydrogens (tertiary/aromatic N) is 2. The molecule has 1 aromatic heterocycles. The van der Waals surface area contributed by atoms with E-state index in [1.807, 2.05) is 19.4 Å². The Balaban J connectivity index is 2.84. The first-order valence-electron chi connectivity index (χ1n) is 6.33. The summed E-state index contributed by atoms with van der Waals surface area (Å²) in [6.45, 7) is 10.1. The Bertz CT molecular complexity index is 398. The van der Waals surface area contributed by atoms with E-state index in [1.165, 1.54) is 0 Å². The third-order valence-electron chi connectivity index (χ3n) is 3.16. The molecule has 0 aromatic carbocycles. The highest BCUT2D eigenvalue weighted by molar-refractivity contribution is 4.86. The molecule has 0 aliphatic rings. The summed E-state index contributed by atoms with van der Waals surface area (Å²) in [5.41, 5.74) is 0.234. The lowest BCUT2D eigenvalue weighted by Crippen LogP contribution is -2.43. The van der Waals surface area contributed by atoms with Crippen molar-refractivity contribution >= 4 is 0 Å². The smallest absolute Gasteiger partial charge is 0.315 e. The zero-order valence-corrected chi connectivity index (χ0v) is 11.7. The lowest BCUT2D eigenvalue weighted by molar-refractivity contribution is 0.252. The number of hydrogen-bond acceptors (Lipinski definition) is 2. The molecule has 0 spiro atoms. The standard InChI is InChI=1S/C13H25N3O/c1-6-7-15-8-9-16(12(15)17)10-11(14-5)13(2,3)4/h8-9,11,14H,6-7,10H2,1-5H3. The van der Waals surface area contributed by atoms with Crippen LogP contribution < -0.4 is 11.0 Å². The van der Waals surface area contributed by atoms with Gasteiger partial charge in [0.25, 0.3) is 0 Å².